The van der Waals surface area contributed by atoms with Crippen LogP contribution in [0.4, 0.5) is 26.3 Å². The fourth-order valence-corrected chi connectivity index (χ4v) is 1.66. The third-order valence-electron chi connectivity index (χ3n) is 1.89. The van der Waals surface area contributed by atoms with Crippen molar-refractivity contribution >= 4 is 10.1 Å². The maximum Gasteiger partial charge on any atom is 1.00 e. The van der Waals surface area contributed by atoms with E-state index >= 15 is 0 Å². The molecule has 0 saturated heterocycles. The maximum atomic E-state index is 12.4. The van der Waals surface area contributed by atoms with Gasteiger partial charge in [-0.3, -0.25) is 0 Å². The molecule has 0 fully saturated rings. The Balaban J connectivity index is 0.00000324. The Kier molecular flexibility index (Phi) is 5.52. The molecule has 0 aliphatic carbocycles. The summed E-state index contributed by atoms with van der Waals surface area (Å²) in [6.07, 6.45) is -10.7. The first-order valence-corrected chi connectivity index (χ1v) is 5.48. The molecule has 102 valence electrons. The monoisotopic (exact) mass is 316 g/mol. The average Bonchev–Trinajstić information content (AvgIpc) is 2.12. The molecule has 0 radical (unpaired) electrons. The van der Waals surface area contributed by atoms with Crippen LogP contribution < -0.4 is 29.6 Å². The second-order valence-electron chi connectivity index (χ2n) is 3.16. The van der Waals surface area contributed by atoms with Crippen LogP contribution in [0.1, 0.15) is 11.1 Å². The molecule has 11 heteroatoms. The molecule has 0 saturated carbocycles. The molecule has 0 aliphatic heterocycles. The van der Waals surface area contributed by atoms with Crippen molar-refractivity contribution in [2.75, 3.05) is 0 Å². The van der Waals surface area contributed by atoms with E-state index in [4.69, 9.17) is 0 Å². The van der Waals surface area contributed by atoms with Gasteiger partial charge in [0.1, 0.15) is 10.1 Å². The Morgan fingerprint density at radius 3 is 1.63 bits per heavy atom. The van der Waals surface area contributed by atoms with Gasteiger partial charge in [0.25, 0.3) is 0 Å². The summed E-state index contributed by atoms with van der Waals surface area (Å²) in [6.45, 7) is 0. The third-order valence-corrected chi connectivity index (χ3v) is 2.72. The van der Waals surface area contributed by atoms with Gasteiger partial charge in [-0.05, 0) is 18.2 Å². The van der Waals surface area contributed by atoms with E-state index < -0.39 is 38.5 Å². The standard InChI is InChI=1S/C8H4F6O3S.Na/c9-7(10,11)5-2-1-4(18(15,16)17)3-6(5)8(12,13)14;/h1-3H,(H,15,16,17);/q;+1/p-1. The molecule has 3 nitrogen and oxygen atoms in total. The number of benzene rings is 1. The number of rotatable bonds is 1. The summed E-state index contributed by atoms with van der Waals surface area (Å²) in [4.78, 5) is -1.37. The molecule has 0 amide bonds. The Labute approximate surface area is 125 Å². The number of halogens is 6. The molecule has 0 spiro atoms. The van der Waals surface area contributed by atoms with Gasteiger partial charge in [0.2, 0.25) is 0 Å². The van der Waals surface area contributed by atoms with E-state index in [1.807, 2.05) is 0 Å². The smallest absolute Gasteiger partial charge is 0.744 e. The molecule has 0 bridgehead atoms. The Morgan fingerprint density at radius 1 is 0.895 bits per heavy atom. The summed E-state index contributed by atoms with van der Waals surface area (Å²) < 4.78 is 105. The number of alkyl halides is 6. The minimum atomic E-state index is -5.43. The fourth-order valence-electron chi connectivity index (χ4n) is 1.16. The molecule has 1 aromatic rings. The largest absolute Gasteiger partial charge is 1.00 e. The Hall–Kier alpha value is -0.290. The van der Waals surface area contributed by atoms with Crippen molar-refractivity contribution in [3.8, 4) is 0 Å². The normalized spacial score (nSPS) is 13.0. The average molecular weight is 316 g/mol. The molecule has 0 aromatic heterocycles. The van der Waals surface area contributed by atoms with Crippen molar-refractivity contribution < 1.29 is 68.9 Å². The molecular formula is C8H3F6NaO3S. The van der Waals surface area contributed by atoms with E-state index in [1.54, 1.807) is 0 Å². The van der Waals surface area contributed by atoms with E-state index in [0.717, 1.165) is 0 Å². The first-order chi connectivity index (χ1) is 7.83. The van der Waals surface area contributed by atoms with Crippen LogP contribution in [0.5, 0.6) is 0 Å². The summed E-state index contributed by atoms with van der Waals surface area (Å²) >= 11 is 0. The first-order valence-electron chi connectivity index (χ1n) is 4.08. The number of hydrogen-bond donors (Lipinski definition) is 0. The van der Waals surface area contributed by atoms with E-state index in [0.29, 0.717) is 0 Å². The van der Waals surface area contributed by atoms with E-state index in [2.05, 4.69) is 0 Å². The van der Waals surface area contributed by atoms with Crippen LogP contribution in [0, 0.1) is 0 Å². The van der Waals surface area contributed by atoms with Crippen molar-refractivity contribution in [1.29, 1.82) is 0 Å². The van der Waals surface area contributed by atoms with Crippen molar-refractivity contribution in [3.05, 3.63) is 29.3 Å². The summed E-state index contributed by atoms with van der Waals surface area (Å²) in [6, 6.07) is -0.237. The van der Waals surface area contributed by atoms with Gasteiger partial charge >= 0.3 is 41.9 Å². The van der Waals surface area contributed by atoms with Gasteiger partial charge < -0.3 is 4.55 Å². The van der Waals surface area contributed by atoms with Crippen LogP contribution in [-0.2, 0) is 22.5 Å². The van der Waals surface area contributed by atoms with Crippen molar-refractivity contribution in [3.63, 3.8) is 0 Å². The molecule has 1 rings (SSSR count). The molecule has 19 heavy (non-hydrogen) atoms. The van der Waals surface area contributed by atoms with Gasteiger partial charge in [-0.2, -0.15) is 26.3 Å². The van der Waals surface area contributed by atoms with Gasteiger partial charge in [-0.1, -0.05) is 0 Å². The van der Waals surface area contributed by atoms with Gasteiger partial charge in [-0.25, -0.2) is 8.42 Å². The maximum absolute atomic E-state index is 12.4. The summed E-state index contributed by atoms with van der Waals surface area (Å²) in [7, 11) is -5.27. The second-order valence-corrected chi connectivity index (χ2v) is 4.54. The van der Waals surface area contributed by atoms with Crippen LogP contribution in [0.25, 0.3) is 0 Å². The summed E-state index contributed by atoms with van der Waals surface area (Å²) in [5.41, 5.74) is -4.27. The minimum Gasteiger partial charge on any atom is -0.744 e. The zero-order valence-electron chi connectivity index (χ0n) is 9.13. The minimum absolute atomic E-state index is 0. The fraction of sp³-hybridized carbons (Fsp3) is 0.250. The Morgan fingerprint density at radius 2 is 1.32 bits per heavy atom. The van der Waals surface area contributed by atoms with Crippen LogP contribution in [-0.4, -0.2) is 13.0 Å². The first kappa shape index (κ1) is 18.7. The molecule has 0 aliphatic rings. The van der Waals surface area contributed by atoms with E-state index in [9.17, 15) is 39.3 Å². The molecule has 0 atom stereocenters. The zero-order chi connectivity index (χ0) is 14.4. The van der Waals surface area contributed by atoms with Crippen LogP contribution in [0.15, 0.2) is 23.1 Å². The van der Waals surface area contributed by atoms with Gasteiger partial charge in [0.15, 0.2) is 0 Å². The van der Waals surface area contributed by atoms with Gasteiger partial charge in [0, 0.05) is 0 Å². The molecular weight excluding hydrogens is 313 g/mol. The summed E-state index contributed by atoms with van der Waals surface area (Å²) in [5, 5.41) is 0. The van der Waals surface area contributed by atoms with Crippen molar-refractivity contribution in [1.82, 2.24) is 0 Å². The van der Waals surface area contributed by atoms with Crippen LogP contribution >= 0.6 is 0 Å². The van der Waals surface area contributed by atoms with Crippen molar-refractivity contribution in [2.24, 2.45) is 0 Å². The second kappa shape index (κ2) is 5.60. The van der Waals surface area contributed by atoms with E-state index in [1.165, 1.54) is 0 Å². The SMILES string of the molecule is O=S(=O)([O-])c1ccc(C(F)(F)F)c(C(F)(F)F)c1.[Na+]. The quantitative estimate of drug-likeness (QED) is 0.404. The van der Waals surface area contributed by atoms with Crippen molar-refractivity contribution in [2.45, 2.75) is 17.2 Å². The number of hydrogen-bond acceptors (Lipinski definition) is 3. The van der Waals surface area contributed by atoms with Gasteiger partial charge in [-0.15, -0.1) is 0 Å². The topological polar surface area (TPSA) is 57.2 Å². The Bertz CT molecular complexity index is 563. The van der Waals surface area contributed by atoms with Crippen LogP contribution in [0.3, 0.4) is 0 Å². The third kappa shape index (κ3) is 4.63. The summed E-state index contributed by atoms with van der Waals surface area (Å²) in [5.74, 6) is 0. The molecule has 0 unspecified atom stereocenters. The van der Waals surface area contributed by atoms with Gasteiger partial charge in [0.05, 0.1) is 16.0 Å². The molecule has 0 heterocycles. The molecule has 0 N–H and O–H groups in total. The zero-order valence-corrected chi connectivity index (χ0v) is 11.9. The predicted molar refractivity (Wildman–Crippen MR) is 44.4 cm³/mol. The van der Waals surface area contributed by atoms with Crippen LogP contribution in [0.2, 0.25) is 0 Å². The predicted octanol–water partition coefficient (Wildman–Crippen LogP) is -0.368. The van der Waals surface area contributed by atoms with E-state index in [-0.39, 0.29) is 47.8 Å². The molecule has 1 aromatic carbocycles.